The Morgan fingerprint density at radius 2 is 2.13 bits per heavy atom. The van der Waals surface area contributed by atoms with E-state index in [1.165, 1.54) is 5.56 Å². The minimum atomic E-state index is -0.137. The average molecular weight is 316 g/mol. The zero-order chi connectivity index (χ0) is 16.3. The van der Waals surface area contributed by atoms with Gasteiger partial charge in [-0.15, -0.1) is 0 Å². The number of benzene rings is 1. The van der Waals surface area contributed by atoms with Gasteiger partial charge in [0.15, 0.2) is 0 Å². The number of rotatable bonds is 7. The van der Waals surface area contributed by atoms with Crippen molar-refractivity contribution in [1.29, 1.82) is 0 Å². The molecule has 1 unspecified atom stereocenters. The number of carbonyl (C=O) groups is 1. The molecule has 1 aliphatic carbocycles. The van der Waals surface area contributed by atoms with E-state index in [1.807, 2.05) is 13.0 Å². The van der Waals surface area contributed by atoms with E-state index in [9.17, 15) is 4.79 Å². The molecule has 0 spiro atoms. The molecule has 1 aromatic carbocycles. The Bertz CT molecular complexity index is 521. The molecule has 1 aliphatic heterocycles. The number of ether oxygens (including phenoxy) is 1. The lowest BCUT2D eigenvalue weighted by atomic mass is 9.93. The number of amides is 1. The van der Waals surface area contributed by atoms with Crippen molar-refractivity contribution >= 4 is 5.91 Å². The topological polar surface area (TPSA) is 50.4 Å². The van der Waals surface area contributed by atoms with Crippen LogP contribution in [0.25, 0.3) is 0 Å². The highest BCUT2D eigenvalue weighted by molar-refractivity contribution is 5.79. The first-order valence-electron chi connectivity index (χ1n) is 8.76. The molecule has 1 saturated heterocycles. The van der Waals surface area contributed by atoms with Gasteiger partial charge in [0.1, 0.15) is 0 Å². The van der Waals surface area contributed by atoms with E-state index in [0.717, 1.165) is 38.8 Å². The maximum Gasteiger partial charge on any atom is 0.225 e. The lowest BCUT2D eigenvalue weighted by molar-refractivity contribution is -0.129. The van der Waals surface area contributed by atoms with Gasteiger partial charge in [-0.05, 0) is 37.8 Å². The summed E-state index contributed by atoms with van der Waals surface area (Å²) in [6, 6.07) is 10.8. The molecule has 2 aliphatic rings. The van der Waals surface area contributed by atoms with Crippen LogP contribution in [0.2, 0.25) is 0 Å². The summed E-state index contributed by atoms with van der Waals surface area (Å²) in [5.74, 6) is -0.0325. The lowest BCUT2D eigenvalue weighted by Crippen LogP contribution is -2.47. The largest absolute Gasteiger partial charge is 0.379 e. The van der Waals surface area contributed by atoms with E-state index in [-0.39, 0.29) is 23.3 Å². The van der Waals surface area contributed by atoms with Crippen LogP contribution >= 0.6 is 0 Å². The zero-order valence-electron chi connectivity index (χ0n) is 14.2. The molecule has 126 valence electrons. The second-order valence-electron chi connectivity index (χ2n) is 7.06. The highest BCUT2D eigenvalue weighted by atomic mass is 16.5. The monoisotopic (exact) mass is 316 g/mol. The summed E-state index contributed by atoms with van der Waals surface area (Å²) in [4.78, 5) is 12.6. The molecule has 23 heavy (non-hydrogen) atoms. The van der Waals surface area contributed by atoms with Crippen LogP contribution in [0.15, 0.2) is 30.3 Å². The van der Waals surface area contributed by atoms with Gasteiger partial charge in [0.2, 0.25) is 5.91 Å². The molecule has 0 bridgehead atoms. The SMILES string of the molecule is CO[C@@H](C1CCCN1)[C@@H](C)C(=O)NCC1(c2ccccc2)CC1. The number of methoxy groups -OCH3 is 1. The Morgan fingerprint density at radius 3 is 2.70 bits per heavy atom. The Kier molecular flexibility index (Phi) is 5.02. The molecule has 3 rings (SSSR count). The summed E-state index contributed by atoms with van der Waals surface area (Å²) < 4.78 is 5.63. The van der Waals surface area contributed by atoms with Gasteiger partial charge in [-0.25, -0.2) is 0 Å². The third-order valence-electron chi connectivity index (χ3n) is 5.51. The summed E-state index contributed by atoms with van der Waals surface area (Å²) in [6.45, 7) is 3.73. The van der Waals surface area contributed by atoms with Gasteiger partial charge in [0, 0.05) is 25.1 Å². The van der Waals surface area contributed by atoms with Crippen molar-refractivity contribution in [2.45, 2.75) is 50.2 Å². The van der Waals surface area contributed by atoms with Crippen molar-refractivity contribution in [1.82, 2.24) is 10.6 Å². The van der Waals surface area contributed by atoms with Crippen molar-refractivity contribution in [2.24, 2.45) is 5.92 Å². The van der Waals surface area contributed by atoms with Gasteiger partial charge in [-0.1, -0.05) is 37.3 Å². The second kappa shape index (κ2) is 7.02. The van der Waals surface area contributed by atoms with Crippen LogP contribution in [-0.2, 0) is 14.9 Å². The van der Waals surface area contributed by atoms with Crippen LogP contribution in [0.1, 0.15) is 38.2 Å². The summed E-state index contributed by atoms with van der Waals surface area (Å²) in [6.07, 6.45) is 4.51. The fraction of sp³-hybridized carbons (Fsp3) is 0.632. The molecule has 1 heterocycles. The number of carbonyl (C=O) groups excluding carboxylic acids is 1. The quantitative estimate of drug-likeness (QED) is 0.811. The molecule has 1 saturated carbocycles. The van der Waals surface area contributed by atoms with Gasteiger partial charge >= 0.3 is 0 Å². The predicted octanol–water partition coefficient (Wildman–Crippen LogP) is 2.24. The normalized spacial score (nSPS) is 24.9. The molecule has 0 radical (unpaired) electrons. The molecule has 0 aromatic heterocycles. The molecule has 3 atom stereocenters. The van der Waals surface area contributed by atoms with Gasteiger partial charge in [0.25, 0.3) is 0 Å². The number of hydrogen-bond donors (Lipinski definition) is 2. The Hall–Kier alpha value is -1.39. The standard InChI is InChI=1S/C19H28N2O2/c1-14(17(23-2)16-9-6-12-20-16)18(22)21-13-19(10-11-19)15-7-4-3-5-8-15/h3-5,7-8,14,16-17,20H,6,9-13H2,1-2H3,(H,21,22)/t14-,16?,17-/m1/s1. The third kappa shape index (κ3) is 3.59. The molecule has 2 fully saturated rings. The molecular formula is C19H28N2O2. The maximum atomic E-state index is 12.6. The molecule has 4 heteroatoms. The van der Waals surface area contributed by atoms with E-state index in [1.54, 1.807) is 7.11 Å². The first kappa shape index (κ1) is 16.5. The molecule has 4 nitrogen and oxygen atoms in total. The Labute approximate surface area is 139 Å². The number of hydrogen-bond acceptors (Lipinski definition) is 3. The summed E-state index contributed by atoms with van der Waals surface area (Å²) >= 11 is 0. The predicted molar refractivity (Wildman–Crippen MR) is 91.3 cm³/mol. The van der Waals surface area contributed by atoms with Crippen molar-refractivity contribution in [3.63, 3.8) is 0 Å². The fourth-order valence-corrected chi connectivity index (χ4v) is 3.79. The van der Waals surface area contributed by atoms with Crippen LogP contribution in [-0.4, -0.2) is 38.3 Å². The van der Waals surface area contributed by atoms with Crippen molar-refractivity contribution in [2.75, 3.05) is 20.2 Å². The molecule has 1 amide bonds. The van der Waals surface area contributed by atoms with Crippen LogP contribution in [0.3, 0.4) is 0 Å². The van der Waals surface area contributed by atoms with E-state index in [4.69, 9.17) is 4.74 Å². The molecule has 2 N–H and O–H groups in total. The minimum absolute atomic E-state index is 0.0515. The Balaban J connectivity index is 1.56. The van der Waals surface area contributed by atoms with E-state index >= 15 is 0 Å². The highest BCUT2D eigenvalue weighted by Crippen LogP contribution is 2.47. The van der Waals surface area contributed by atoms with Crippen molar-refractivity contribution < 1.29 is 9.53 Å². The first-order valence-corrected chi connectivity index (χ1v) is 8.76. The summed E-state index contributed by atoms with van der Waals surface area (Å²) in [5.41, 5.74) is 1.50. The molecular weight excluding hydrogens is 288 g/mol. The van der Waals surface area contributed by atoms with Crippen molar-refractivity contribution in [3.8, 4) is 0 Å². The average Bonchev–Trinajstić information content (AvgIpc) is 3.20. The Morgan fingerprint density at radius 1 is 1.39 bits per heavy atom. The van der Waals surface area contributed by atoms with E-state index < -0.39 is 0 Å². The van der Waals surface area contributed by atoms with E-state index in [2.05, 4.69) is 34.9 Å². The highest BCUT2D eigenvalue weighted by Gasteiger charge is 2.44. The summed E-state index contributed by atoms with van der Waals surface area (Å²) in [5, 5.41) is 6.62. The maximum absolute atomic E-state index is 12.6. The number of nitrogens with one attached hydrogen (secondary N) is 2. The van der Waals surface area contributed by atoms with Gasteiger partial charge in [0.05, 0.1) is 12.0 Å². The van der Waals surface area contributed by atoms with Gasteiger partial charge in [-0.2, -0.15) is 0 Å². The zero-order valence-corrected chi connectivity index (χ0v) is 14.2. The van der Waals surface area contributed by atoms with Crippen LogP contribution in [0, 0.1) is 5.92 Å². The smallest absolute Gasteiger partial charge is 0.225 e. The molecule has 1 aromatic rings. The second-order valence-corrected chi connectivity index (χ2v) is 7.06. The van der Waals surface area contributed by atoms with Crippen LogP contribution in [0.4, 0.5) is 0 Å². The summed E-state index contributed by atoms with van der Waals surface area (Å²) in [7, 11) is 1.71. The third-order valence-corrected chi connectivity index (χ3v) is 5.51. The van der Waals surface area contributed by atoms with Crippen LogP contribution in [0.5, 0.6) is 0 Å². The van der Waals surface area contributed by atoms with Crippen LogP contribution < -0.4 is 10.6 Å². The van der Waals surface area contributed by atoms with E-state index in [0.29, 0.717) is 6.04 Å². The minimum Gasteiger partial charge on any atom is -0.379 e. The first-order chi connectivity index (χ1) is 11.2. The van der Waals surface area contributed by atoms with Gasteiger partial charge < -0.3 is 15.4 Å². The fourth-order valence-electron chi connectivity index (χ4n) is 3.79. The van der Waals surface area contributed by atoms with Gasteiger partial charge in [-0.3, -0.25) is 4.79 Å². The van der Waals surface area contributed by atoms with Crippen molar-refractivity contribution in [3.05, 3.63) is 35.9 Å². The lowest BCUT2D eigenvalue weighted by Gasteiger charge is -2.28.